The van der Waals surface area contributed by atoms with E-state index in [1.165, 1.54) is 10.4 Å². The summed E-state index contributed by atoms with van der Waals surface area (Å²) in [6, 6.07) is 14.1. The highest BCUT2D eigenvalue weighted by atomic mass is 32.1. The Hall–Kier alpha value is -2.86. The van der Waals surface area contributed by atoms with E-state index in [2.05, 4.69) is 18.0 Å². The summed E-state index contributed by atoms with van der Waals surface area (Å²) in [5.74, 6) is 1.08. The molecule has 5 nitrogen and oxygen atoms in total. The summed E-state index contributed by atoms with van der Waals surface area (Å²) in [4.78, 5) is 16.8. The first-order chi connectivity index (χ1) is 15.0. The van der Waals surface area contributed by atoms with Gasteiger partial charge in [0, 0.05) is 16.9 Å². The predicted octanol–water partition coefficient (Wildman–Crippen LogP) is 5.78. The van der Waals surface area contributed by atoms with Gasteiger partial charge in [0.1, 0.15) is 16.5 Å². The van der Waals surface area contributed by atoms with Gasteiger partial charge in [0.05, 0.1) is 25.3 Å². The van der Waals surface area contributed by atoms with Gasteiger partial charge in [0.2, 0.25) is 0 Å². The van der Waals surface area contributed by atoms with Gasteiger partial charge in [-0.15, -0.1) is 11.3 Å². The maximum atomic E-state index is 11.0. The van der Waals surface area contributed by atoms with Gasteiger partial charge in [-0.2, -0.15) is 0 Å². The topological polar surface area (TPSA) is 68.7 Å². The van der Waals surface area contributed by atoms with Crippen molar-refractivity contribution < 1.29 is 19.4 Å². The van der Waals surface area contributed by atoms with Crippen molar-refractivity contribution in [2.24, 2.45) is 0 Å². The zero-order chi connectivity index (χ0) is 21.8. The monoisotopic (exact) mass is 437 g/mol. The molecule has 0 fully saturated rings. The minimum atomic E-state index is -0.735. The first-order valence-corrected chi connectivity index (χ1v) is 11.5. The Morgan fingerprint density at radius 1 is 1.10 bits per heavy atom. The van der Waals surface area contributed by atoms with E-state index in [-0.39, 0.29) is 12.3 Å². The van der Waals surface area contributed by atoms with Gasteiger partial charge in [-0.05, 0) is 80.1 Å². The molecule has 1 aromatic heterocycles. The van der Waals surface area contributed by atoms with Gasteiger partial charge < -0.3 is 14.6 Å². The molecule has 3 aromatic rings. The van der Waals surface area contributed by atoms with Gasteiger partial charge in [-0.25, -0.2) is 4.98 Å². The second-order valence-corrected chi connectivity index (χ2v) is 9.13. The number of aryl methyl sites for hydroxylation is 3. The van der Waals surface area contributed by atoms with Gasteiger partial charge in [0.15, 0.2) is 0 Å². The Morgan fingerprint density at radius 3 is 2.48 bits per heavy atom. The number of fused-ring (bicyclic) bond motifs is 1. The predicted molar refractivity (Wildman–Crippen MR) is 122 cm³/mol. The van der Waals surface area contributed by atoms with Crippen molar-refractivity contribution in [1.82, 2.24) is 4.98 Å². The zero-order valence-electron chi connectivity index (χ0n) is 17.9. The molecule has 1 N–H and O–H groups in total. The van der Waals surface area contributed by atoms with Crippen LogP contribution < -0.4 is 9.47 Å². The van der Waals surface area contributed by atoms with Crippen LogP contribution in [0, 0.1) is 13.8 Å². The zero-order valence-corrected chi connectivity index (χ0v) is 18.7. The van der Waals surface area contributed by atoms with Crippen molar-refractivity contribution in [2.45, 2.75) is 45.4 Å². The van der Waals surface area contributed by atoms with Crippen molar-refractivity contribution in [3.05, 3.63) is 64.2 Å². The molecule has 31 heavy (non-hydrogen) atoms. The Bertz CT molecular complexity index is 1040. The summed E-state index contributed by atoms with van der Waals surface area (Å²) in [5, 5.41) is 10.1. The maximum Gasteiger partial charge on any atom is 0.303 e. The van der Waals surface area contributed by atoms with Crippen molar-refractivity contribution in [2.75, 3.05) is 13.2 Å². The number of hydrogen-bond donors (Lipinski definition) is 1. The van der Waals surface area contributed by atoms with Crippen LogP contribution in [0.5, 0.6) is 11.5 Å². The van der Waals surface area contributed by atoms with Crippen molar-refractivity contribution >= 4 is 17.3 Å². The molecule has 162 valence electrons. The largest absolute Gasteiger partial charge is 0.493 e. The lowest BCUT2D eigenvalue weighted by Gasteiger charge is -2.11. The fourth-order valence-corrected chi connectivity index (χ4v) is 4.84. The SMILES string of the molecule is Cc1nc(-c2ccc(OCCCOc3ccc4c(c3)CC[C@H]4CC(=O)O)cc2)sc1C. The number of aromatic nitrogens is 1. The lowest BCUT2D eigenvalue weighted by molar-refractivity contribution is -0.137. The fraction of sp³-hybridized carbons (Fsp3) is 0.360. The normalized spacial score (nSPS) is 15.0. The smallest absolute Gasteiger partial charge is 0.303 e. The van der Waals surface area contributed by atoms with Crippen LogP contribution in [0.15, 0.2) is 42.5 Å². The van der Waals surface area contributed by atoms with Gasteiger partial charge in [-0.3, -0.25) is 4.79 Å². The lowest BCUT2D eigenvalue weighted by atomic mass is 9.98. The quantitative estimate of drug-likeness (QED) is 0.430. The Morgan fingerprint density at radius 2 is 1.81 bits per heavy atom. The molecule has 0 saturated carbocycles. The number of aliphatic carboxylic acids is 1. The molecule has 0 amide bonds. The number of nitrogens with zero attached hydrogens (tertiary/aromatic N) is 1. The molecule has 0 aliphatic heterocycles. The van der Waals surface area contributed by atoms with Crippen molar-refractivity contribution in [1.29, 1.82) is 0 Å². The molecule has 1 atom stereocenters. The average molecular weight is 438 g/mol. The Balaban J connectivity index is 1.21. The molecule has 1 aliphatic rings. The molecule has 1 aliphatic carbocycles. The number of carbonyl (C=O) groups is 1. The summed E-state index contributed by atoms with van der Waals surface area (Å²) >= 11 is 1.71. The first kappa shape index (κ1) is 21.4. The second kappa shape index (κ2) is 9.52. The minimum Gasteiger partial charge on any atom is -0.493 e. The van der Waals surface area contributed by atoms with Crippen LogP contribution in [-0.2, 0) is 11.2 Å². The number of carboxylic acid groups (broad SMARTS) is 1. The fourth-order valence-electron chi connectivity index (χ4n) is 3.92. The summed E-state index contributed by atoms with van der Waals surface area (Å²) in [5.41, 5.74) is 4.57. The Kier molecular flexibility index (Phi) is 6.56. The molecule has 0 saturated heterocycles. The van der Waals surface area contributed by atoms with E-state index in [1.807, 2.05) is 43.3 Å². The second-order valence-electron chi connectivity index (χ2n) is 7.93. The van der Waals surface area contributed by atoms with Gasteiger partial charge in [0.25, 0.3) is 0 Å². The van der Waals surface area contributed by atoms with Gasteiger partial charge in [-0.1, -0.05) is 6.07 Å². The molecule has 0 unspecified atom stereocenters. The number of carboxylic acids is 1. The molecule has 6 heteroatoms. The minimum absolute atomic E-state index is 0.130. The van der Waals surface area contributed by atoms with Crippen molar-refractivity contribution in [3.8, 4) is 22.1 Å². The highest BCUT2D eigenvalue weighted by Gasteiger charge is 2.24. The molecule has 2 aromatic carbocycles. The maximum absolute atomic E-state index is 11.0. The van der Waals surface area contributed by atoms with Gasteiger partial charge >= 0.3 is 5.97 Å². The number of hydrogen-bond acceptors (Lipinski definition) is 5. The average Bonchev–Trinajstić information content (AvgIpc) is 3.30. The van der Waals surface area contributed by atoms with Crippen LogP contribution in [0.1, 0.15) is 46.9 Å². The number of rotatable bonds is 9. The first-order valence-electron chi connectivity index (χ1n) is 10.6. The third-order valence-electron chi connectivity index (χ3n) is 5.69. The van der Waals surface area contributed by atoms with Crippen LogP contribution in [0.4, 0.5) is 0 Å². The van der Waals surface area contributed by atoms with Crippen molar-refractivity contribution in [3.63, 3.8) is 0 Å². The van der Waals surface area contributed by atoms with E-state index in [0.717, 1.165) is 52.6 Å². The molecule has 4 rings (SSSR count). The van der Waals surface area contributed by atoms with Crippen LogP contribution >= 0.6 is 11.3 Å². The number of ether oxygens (including phenoxy) is 2. The molecule has 0 bridgehead atoms. The van der Waals surface area contributed by atoms with Crippen LogP contribution in [0.3, 0.4) is 0 Å². The summed E-state index contributed by atoms with van der Waals surface area (Å²) in [7, 11) is 0. The van der Waals surface area contributed by atoms with E-state index in [9.17, 15) is 4.79 Å². The van der Waals surface area contributed by atoms with E-state index < -0.39 is 5.97 Å². The summed E-state index contributed by atoms with van der Waals surface area (Å²) in [6.07, 6.45) is 2.81. The standard InChI is InChI=1S/C25H27NO4S/c1-16-17(2)31-25(26-16)18-6-8-21(9-7-18)29-12-3-13-30-22-10-11-23-19(14-22)4-5-20(23)15-24(27)28/h6-11,14,20H,3-5,12-13,15H2,1-2H3,(H,27,28)/t20-/m0/s1. The Labute approximate surface area is 186 Å². The summed E-state index contributed by atoms with van der Waals surface area (Å²) < 4.78 is 11.7. The summed E-state index contributed by atoms with van der Waals surface area (Å²) in [6.45, 7) is 5.29. The van der Waals surface area contributed by atoms with Crippen LogP contribution in [0.25, 0.3) is 10.6 Å². The van der Waals surface area contributed by atoms with E-state index in [0.29, 0.717) is 13.2 Å². The van der Waals surface area contributed by atoms with Crippen LogP contribution in [-0.4, -0.2) is 29.3 Å². The molecular formula is C25H27NO4S. The highest BCUT2D eigenvalue weighted by Crippen LogP contribution is 2.37. The number of benzene rings is 2. The molecular weight excluding hydrogens is 410 g/mol. The lowest BCUT2D eigenvalue weighted by Crippen LogP contribution is -2.05. The third kappa shape index (κ3) is 5.25. The molecule has 1 heterocycles. The number of thiazole rings is 1. The highest BCUT2D eigenvalue weighted by molar-refractivity contribution is 7.15. The van der Waals surface area contributed by atoms with E-state index >= 15 is 0 Å². The van der Waals surface area contributed by atoms with Crippen LogP contribution in [0.2, 0.25) is 0 Å². The molecule has 0 radical (unpaired) electrons. The van der Waals surface area contributed by atoms with E-state index in [4.69, 9.17) is 14.6 Å². The third-order valence-corrected chi connectivity index (χ3v) is 6.82. The molecule has 0 spiro atoms. The van der Waals surface area contributed by atoms with E-state index in [1.54, 1.807) is 11.3 Å².